The number of hydrogen-bond donors (Lipinski definition) is 1. The summed E-state index contributed by atoms with van der Waals surface area (Å²) in [6.07, 6.45) is 3.07. The van der Waals surface area contributed by atoms with Crippen molar-refractivity contribution in [2.75, 3.05) is 19.7 Å². The van der Waals surface area contributed by atoms with Gasteiger partial charge in [-0.2, -0.15) is 0 Å². The number of hydrogen-bond acceptors (Lipinski definition) is 2. The maximum Gasteiger partial charge on any atom is 0.0587 e. The van der Waals surface area contributed by atoms with Gasteiger partial charge in [-0.3, -0.25) is 0 Å². The fourth-order valence-corrected chi connectivity index (χ4v) is 1.68. The van der Waals surface area contributed by atoms with E-state index in [1.807, 2.05) is 0 Å². The van der Waals surface area contributed by atoms with E-state index >= 15 is 0 Å². The SMILES string of the molecule is CCO[C@H](C)[C@H]1CCCNC1. The minimum absolute atomic E-state index is 0.438. The van der Waals surface area contributed by atoms with Crippen LogP contribution in [-0.2, 0) is 4.74 Å². The molecule has 0 aliphatic carbocycles. The van der Waals surface area contributed by atoms with Crippen molar-refractivity contribution in [1.82, 2.24) is 5.32 Å². The maximum atomic E-state index is 5.54. The molecule has 0 saturated carbocycles. The Balaban J connectivity index is 2.21. The Morgan fingerprint density at radius 1 is 1.64 bits per heavy atom. The van der Waals surface area contributed by atoms with Crippen LogP contribution in [0.25, 0.3) is 0 Å². The fraction of sp³-hybridized carbons (Fsp3) is 1.00. The molecule has 1 heterocycles. The average molecular weight is 157 g/mol. The second-order valence-corrected chi connectivity index (χ2v) is 3.27. The Labute approximate surface area is 69.3 Å². The van der Waals surface area contributed by atoms with Gasteiger partial charge in [-0.15, -0.1) is 0 Å². The highest BCUT2D eigenvalue weighted by Gasteiger charge is 2.19. The third-order valence-corrected chi connectivity index (χ3v) is 2.43. The highest BCUT2D eigenvalue weighted by molar-refractivity contribution is 4.73. The summed E-state index contributed by atoms with van der Waals surface area (Å²) in [6.45, 7) is 7.42. The molecule has 1 aliphatic rings. The molecule has 11 heavy (non-hydrogen) atoms. The molecule has 0 amide bonds. The Hall–Kier alpha value is -0.0800. The van der Waals surface area contributed by atoms with Crippen molar-refractivity contribution in [2.24, 2.45) is 5.92 Å². The Bertz CT molecular complexity index is 99.7. The normalized spacial score (nSPS) is 28.4. The molecule has 0 radical (unpaired) electrons. The van der Waals surface area contributed by atoms with Crippen LogP contribution in [0.4, 0.5) is 0 Å². The lowest BCUT2D eigenvalue weighted by atomic mass is 9.95. The molecule has 1 fully saturated rings. The third kappa shape index (κ3) is 2.80. The first-order chi connectivity index (χ1) is 5.34. The van der Waals surface area contributed by atoms with E-state index in [0.29, 0.717) is 6.10 Å². The van der Waals surface area contributed by atoms with Crippen molar-refractivity contribution in [3.8, 4) is 0 Å². The largest absolute Gasteiger partial charge is 0.378 e. The number of piperidine rings is 1. The zero-order valence-electron chi connectivity index (χ0n) is 7.60. The van der Waals surface area contributed by atoms with Crippen molar-refractivity contribution >= 4 is 0 Å². The lowest BCUT2D eigenvalue weighted by Gasteiger charge is -2.27. The minimum Gasteiger partial charge on any atom is -0.378 e. The Kier molecular flexibility index (Phi) is 3.87. The second-order valence-electron chi connectivity index (χ2n) is 3.27. The predicted octanol–water partition coefficient (Wildman–Crippen LogP) is 1.41. The summed E-state index contributed by atoms with van der Waals surface area (Å²) in [5.41, 5.74) is 0. The molecule has 0 aromatic rings. The molecule has 0 bridgehead atoms. The molecule has 66 valence electrons. The highest BCUT2D eigenvalue weighted by atomic mass is 16.5. The van der Waals surface area contributed by atoms with Gasteiger partial charge in [0.25, 0.3) is 0 Å². The average Bonchev–Trinajstić information content (AvgIpc) is 2.07. The molecule has 2 heteroatoms. The Morgan fingerprint density at radius 2 is 2.45 bits per heavy atom. The van der Waals surface area contributed by atoms with Crippen molar-refractivity contribution in [1.29, 1.82) is 0 Å². The van der Waals surface area contributed by atoms with Gasteiger partial charge in [-0.05, 0) is 39.2 Å². The van der Waals surface area contributed by atoms with Crippen LogP contribution in [0.3, 0.4) is 0 Å². The van der Waals surface area contributed by atoms with E-state index in [2.05, 4.69) is 19.2 Å². The van der Waals surface area contributed by atoms with Gasteiger partial charge in [-0.1, -0.05) is 0 Å². The van der Waals surface area contributed by atoms with Crippen LogP contribution in [-0.4, -0.2) is 25.8 Å². The molecule has 1 rings (SSSR count). The van der Waals surface area contributed by atoms with Crippen LogP contribution in [0, 0.1) is 5.92 Å². The van der Waals surface area contributed by atoms with E-state index in [9.17, 15) is 0 Å². The molecule has 0 spiro atoms. The summed E-state index contributed by atoms with van der Waals surface area (Å²) >= 11 is 0. The smallest absolute Gasteiger partial charge is 0.0587 e. The van der Waals surface area contributed by atoms with Crippen molar-refractivity contribution in [3.05, 3.63) is 0 Å². The molecule has 1 saturated heterocycles. The molecular formula is C9H19NO. The maximum absolute atomic E-state index is 5.54. The topological polar surface area (TPSA) is 21.3 Å². The van der Waals surface area contributed by atoms with E-state index in [4.69, 9.17) is 4.74 Å². The van der Waals surface area contributed by atoms with Crippen molar-refractivity contribution in [3.63, 3.8) is 0 Å². The van der Waals surface area contributed by atoms with Crippen LogP contribution < -0.4 is 5.32 Å². The quantitative estimate of drug-likeness (QED) is 0.669. The Morgan fingerprint density at radius 3 is 3.00 bits per heavy atom. The number of ether oxygens (including phenoxy) is 1. The zero-order chi connectivity index (χ0) is 8.10. The summed E-state index contributed by atoms with van der Waals surface area (Å²) < 4.78 is 5.54. The van der Waals surface area contributed by atoms with Gasteiger partial charge in [0.15, 0.2) is 0 Å². The second kappa shape index (κ2) is 4.73. The van der Waals surface area contributed by atoms with Crippen LogP contribution in [0.15, 0.2) is 0 Å². The van der Waals surface area contributed by atoms with E-state index in [0.717, 1.165) is 19.1 Å². The van der Waals surface area contributed by atoms with E-state index < -0.39 is 0 Å². The molecular weight excluding hydrogens is 138 g/mol. The first-order valence-electron chi connectivity index (χ1n) is 4.67. The molecule has 2 nitrogen and oxygen atoms in total. The van der Waals surface area contributed by atoms with Gasteiger partial charge in [0.05, 0.1) is 6.10 Å². The van der Waals surface area contributed by atoms with Crippen molar-refractivity contribution in [2.45, 2.75) is 32.8 Å². The summed E-state index contributed by atoms with van der Waals surface area (Å²) in [5.74, 6) is 0.740. The minimum atomic E-state index is 0.438. The van der Waals surface area contributed by atoms with Gasteiger partial charge in [-0.25, -0.2) is 0 Å². The van der Waals surface area contributed by atoms with Gasteiger partial charge < -0.3 is 10.1 Å². The molecule has 1 aliphatic heterocycles. The van der Waals surface area contributed by atoms with Gasteiger partial charge in [0.2, 0.25) is 0 Å². The molecule has 0 aromatic heterocycles. The summed E-state index contributed by atoms with van der Waals surface area (Å²) in [6, 6.07) is 0. The summed E-state index contributed by atoms with van der Waals surface area (Å²) in [7, 11) is 0. The van der Waals surface area contributed by atoms with Crippen LogP contribution in [0.1, 0.15) is 26.7 Å². The standard InChI is InChI=1S/C9H19NO/c1-3-11-8(2)9-5-4-6-10-7-9/h8-10H,3-7H2,1-2H3/t8-,9+/m1/s1. The first-order valence-corrected chi connectivity index (χ1v) is 4.67. The highest BCUT2D eigenvalue weighted by Crippen LogP contribution is 2.16. The molecule has 0 aromatic carbocycles. The lowest BCUT2D eigenvalue weighted by molar-refractivity contribution is 0.0249. The van der Waals surface area contributed by atoms with Gasteiger partial charge in [0, 0.05) is 13.2 Å². The van der Waals surface area contributed by atoms with E-state index in [1.165, 1.54) is 19.4 Å². The number of nitrogens with one attached hydrogen (secondary N) is 1. The van der Waals surface area contributed by atoms with Crippen LogP contribution in [0.5, 0.6) is 0 Å². The zero-order valence-corrected chi connectivity index (χ0v) is 7.60. The predicted molar refractivity (Wildman–Crippen MR) is 46.7 cm³/mol. The first kappa shape index (κ1) is 9.01. The van der Waals surface area contributed by atoms with Gasteiger partial charge >= 0.3 is 0 Å². The van der Waals surface area contributed by atoms with Gasteiger partial charge in [0.1, 0.15) is 0 Å². The summed E-state index contributed by atoms with van der Waals surface area (Å²) in [5, 5.41) is 3.39. The summed E-state index contributed by atoms with van der Waals surface area (Å²) in [4.78, 5) is 0. The molecule has 2 atom stereocenters. The van der Waals surface area contributed by atoms with Crippen LogP contribution >= 0.6 is 0 Å². The van der Waals surface area contributed by atoms with E-state index in [1.54, 1.807) is 0 Å². The van der Waals surface area contributed by atoms with Crippen LogP contribution in [0.2, 0.25) is 0 Å². The van der Waals surface area contributed by atoms with Crippen molar-refractivity contribution < 1.29 is 4.74 Å². The fourth-order valence-electron chi connectivity index (χ4n) is 1.68. The third-order valence-electron chi connectivity index (χ3n) is 2.43. The van der Waals surface area contributed by atoms with E-state index in [-0.39, 0.29) is 0 Å². The molecule has 1 N–H and O–H groups in total. The monoisotopic (exact) mass is 157 g/mol. The molecule has 0 unspecified atom stereocenters. The number of rotatable bonds is 3. The lowest BCUT2D eigenvalue weighted by Crippen LogP contribution is -2.36.